The zero-order chi connectivity index (χ0) is 23.2. The first-order valence-corrected chi connectivity index (χ1v) is 12.0. The molecule has 1 aliphatic heterocycles. The number of likely N-dealkylation sites (tertiary alicyclic amines) is 1. The number of primary amides is 1. The zero-order valence-electron chi connectivity index (χ0n) is 19.6. The van der Waals surface area contributed by atoms with Crippen LogP contribution in [0, 0.1) is 11.3 Å². The van der Waals surface area contributed by atoms with E-state index >= 15 is 0 Å². The second-order valence-electron chi connectivity index (χ2n) is 10.6. The van der Waals surface area contributed by atoms with Crippen molar-refractivity contribution in [2.75, 3.05) is 26.2 Å². The van der Waals surface area contributed by atoms with Gasteiger partial charge in [0.25, 0.3) is 0 Å². The van der Waals surface area contributed by atoms with Crippen LogP contribution >= 0.6 is 0 Å². The van der Waals surface area contributed by atoms with Gasteiger partial charge in [0.15, 0.2) is 0 Å². The molecule has 6 atom stereocenters. The Bertz CT molecular complexity index is 556. The van der Waals surface area contributed by atoms with Gasteiger partial charge in [0.2, 0.25) is 0 Å². The Balaban J connectivity index is 1.73. The lowest BCUT2D eigenvalue weighted by molar-refractivity contribution is -0.145. The molecule has 6 N–H and O–H groups in total. The van der Waals surface area contributed by atoms with Crippen molar-refractivity contribution in [2.45, 2.75) is 103 Å². The van der Waals surface area contributed by atoms with Crippen LogP contribution in [0.5, 0.6) is 0 Å². The van der Waals surface area contributed by atoms with Crippen LogP contribution in [0.25, 0.3) is 0 Å². The first-order chi connectivity index (χ1) is 14.6. The van der Waals surface area contributed by atoms with Gasteiger partial charge >= 0.3 is 6.03 Å². The van der Waals surface area contributed by atoms with Crippen molar-refractivity contribution in [1.82, 2.24) is 9.80 Å². The summed E-state index contributed by atoms with van der Waals surface area (Å²) in [6, 6.07) is -0.630. The summed E-state index contributed by atoms with van der Waals surface area (Å²) in [6.07, 6.45) is 4.72. The summed E-state index contributed by atoms with van der Waals surface area (Å²) in [7, 11) is 0. The molecule has 0 radical (unpaired) electrons. The van der Waals surface area contributed by atoms with E-state index in [1.807, 2.05) is 9.80 Å². The van der Waals surface area contributed by atoms with Crippen molar-refractivity contribution in [3.8, 4) is 0 Å². The molecule has 2 amide bonds. The number of carbonyl (C=O) groups excluding carboxylic acids is 1. The zero-order valence-corrected chi connectivity index (χ0v) is 19.6. The summed E-state index contributed by atoms with van der Waals surface area (Å²) in [6.45, 7) is 8.14. The van der Waals surface area contributed by atoms with Crippen LogP contribution in [-0.4, -0.2) is 92.9 Å². The van der Waals surface area contributed by atoms with Crippen molar-refractivity contribution in [3.05, 3.63) is 0 Å². The van der Waals surface area contributed by atoms with Crippen molar-refractivity contribution in [1.29, 1.82) is 0 Å². The number of piperidine rings is 1. The Morgan fingerprint density at radius 3 is 2.35 bits per heavy atom. The third-order valence-corrected chi connectivity index (χ3v) is 7.41. The van der Waals surface area contributed by atoms with Crippen LogP contribution in [0.3, 0.4) is 0 Å². The highest BCUT2D eigenvalue weighted by Gasteiger charge is 2.40. The molecule has 0 bridgehead atoms. The molecule has 2 rings (SSSR count). The molecule has 1 saturated heterocycles. The van der Waals surface area contributed by atoms with Crippen molar-refractivity contribution in [2.24, 2.45) is 17.1 Å². The van der Waals surface area contributed by atoms with E-state index in [4.69, 9.17) is 5.73 Å². The average molecular weight is 444 g/mol. The van der Waals surface area contributed by atoms with E-state index in [-0.39, 0.29) is 30.6 Å². The number of amides is 2. The number of nitrogens with zero attached hydrogens (tertiary/aromatic N) is 2. The fourth-order valence-electron chi connectivity index (χ4n) is 5.29. The summed E-state index contributed by atoms with van der Waals surface area (Å²) in [5.74, 6) is 0.612. The molecule has 1 heterocycles. The number of hydrogen-bond donors (Lipinski definition) is 5. The summed E-state index contributed by atoms with van der Waals surface area (Å²) < 4.78 is 0. The first-order valence-electron chi connectivity index (χ1n) is 12.0. The third-order valence-electron chi connectivity index (χ3n) is 7.41. The smallest absolute Gasteiger partial charge is 0.315 e. The van der Waals surface area contributed by atoms with Crippen LogP contribution in [0.2, 0.25) is 0 Å². The van der Waals surface area contributed by atoms with Gasteiger partial charge in [0.1, 0.15) is 12.2 Å². The monoisotopic (exact) mass is 443 g/mol. The quantitative estimate of drug-likeness (QED) is 0.341. The standard InChI is InChI=1S/C23H45N3O5/c1-23(2,3)16-9-8-10-17(13-16)26(22(24)31)12-7-5-4-6-11-25-14-19(28)21(30)20(29)18(25)15-27/h16-21,27-30H,4-15H2,1-3H3,(H2,24,31)/t16?,17?,18-,19+,20?,21-/m1/s1. The lowest BCUT2D eigenvalue weighted by Crippen LogP contribution is -2.62. The molecule has 0 aromatic heterocycles. The number of hydrogen-bond acceptors (Lipinski definition) is 6. The second kappa shape index (κ2) is 11.8. The van der Waals surface area contributed by atoms with Gasteiger partial charge in [-0.1, -0.05) is 40.0 Å². The molecule has 1 aliphatic carbocycles. The van der Waals surface area contributed by atoms with Crippen LogP contribution in [-0.2, 0) is 0 Å². The highest BCUT2D eigenvalue weighted by Crippen LogP contribution is 2.39. The molecule has 31 heavy (non-hydrogen) atoms. The van der Waals surface area contributed by atoms with Gasteiger partial charge in [0.05, 0.1) is 18.8 Å². The lowest BCUT2D eigenvalue weighted by Gasteiger charge is -2.43. The number of β-amino-alcohol motifs (C(OH)–C–C–N with tert-alkyl or cyclic N) is 1. The average Bonchev–Trinajstić information content (AvgIpc) is 2.70. The number of urea groups is 1. The first kappa shape index (κ1) is 26.3. The van der Waals surface area contributed by atoms with Gasteiger partial charge < -0.3 is 31.1 Å². The highest BCUT2D eigenvalue weighted by molar-refractivity contribution is 5.72. The van der Waals surface area contributed by atoms with Crippen molar-refractivity contribution >= 4 is 6.03 Å². The van der Waals surface area contributed by atoms with E-state index in [9.17, 15) is 25.2 Å². The highest BCUT2D eigenvalue weighted by atomic mass is 16.4. The Labute approximate surface area is 187 Å². The third kappa shape index (κ3) is 7.29. The topological polar surface area (TPSA) is 130 Å². The number of rotatable bonds is 9. The minimum atomic E-state index is -1.22. The molecule has 2 fully saturated rings. The van der Waals surface area contributed by atoms with Gasteiger partial charge in [-0.3, -0.25) is 4.90 Å². The van der Waals surface area contributed by atoms with E-state index in [2.05, 4.69) is 20.8 Å². The molecule has 182 valence electrons. The van der Waals surface area contributed by atoms with Crippen LogP contribution in [0.4, 0.5) is 4.79 Å². The SMILES string of the molecule is CC(C)(C)C1CCCC(N(CCCCCCN2C[C@H](O)[C@@H](O)C(O)[C@H]2CO)C(N)=O)C1. The maximum absolute atomic E-state index is 12.1. The van der Waals surface area contributed by atoms with Gasteiger partial charge in [-0.2, -0.15) is 0 Å². The number of aliphatic hydroxyl groups is 4. The molecular formula is C23H45N3O5. The Hall–Kier alpha value is -0.930. The molecule has 8 heteroatoms. The molecule has 0 spiro atoms. The molecule has 3 unspecified atom stereocenters. The van der Waals surface area contributed by atoms with E-state index in [0.29, 0.717) is 19.0 Å². The summed E-state index contributed by atoms with van der Waals surface area (Å²) >= 11 is 0. The minimum Gasteiger partial charge on any atom is -0.395 e. The van der Waals surface area contributed by atoms with E-state index in [0.717, 1.165) is 44.9 Å². The van der Waals surface area contributed by atoms with Crippen LogP contribution in [0.1, 0.15) is 72.1 Å². The summed E-state index contributed by atoms with van der Waals surface area (Å²) in [4.78, 5) is 15.8. The Morgan fingerprint density at radius 1 is 1.06 bits per heavy atom. The largest absolute Gasteiger partial charge is 0.395 e. The second-order valence-corrected chi connectivity index (χ2v) is 10.6. The fraction of sp³-hybridized carbons (Fsp3) is 0.957. The van der Waals surface area contributed by atoms with Crippen molar-refractivity contribution in [3.63, 3.8) is 0 Å². The van der Waals surface area contributed by atoms with E-state index < -0.39 is 24.4 Å². The van der Waals surface area contributed by atoms with Crippen molar-refractivity contribution < 1.29 is 25.2 Å². The molecule has 0 aromatic carbocycles. The number of carbonyl (C=O) groups is 1. The Kier molecular flexibility index (Phi) is 10.0. The predicted molar refractivity (Wildman–Crippen MR) is 120 cm³/mol. The number of aliphatic hydroxyl groups excluding tert-OH is 4. The number of unbranched alkanes of at least 4 members (excludes halogenated alkanes) is 3. The molecule has 1 saturated carbocycles. The predicted octanol–water partition coefficient (Wildman–Crippen LogP) is 1.29. The fourth-order valence-corrected chi connectivity index (χ4v) is 5.29. The maximum Gasteiger partial charge on any atom is 0.315 e. The van der Waals surface area contributed by atoms with Crippen LogP contribution in [0.15, 0.2) is 0 Å². The molecule has 0 aromatic rings. The van der Waals surface area contributed by atoms with Gasteiger partial charge in [-0.25, -0.2) is 4.79 Å². The maximum atomic E-state index is 12.1. The Morgan fingerprint density at radius 2 is 1.74 bits per heavy atom. The van der Waals surface area contributed by atoms with Gasteiger partial charge in [0, 0.05) is 19.1 Å². The van der Waals surface area contributed by atoms with Crippen LogP contribution < -0.4 is 5.73 Å². The summed E-state index contributed by atoms with van der Waals surface area (Å²) in [5, 5.41) is 39.3. The summed E-state index contributed by atoms with van der Waals surface area (Å²) in [5.41, 5.74) is 5.97. The van der Waals surface area contributed by atoms with Gasteiger partial charge in [-0.15, -0.1) is 0 Å². The normalized spacial score (nSPS) is 32.7. The lowest BCUT2D eigenvalue weighted by atomic mass is 9.70. The van der Waals surface area contributed by atoms with E-state index in [1.165, 1.54) is 6.42 Å². The molecule has 8 nitrogen and oxygen atoms in total. The minimum absolute atomic E-state index is 0.239. The molecular weight excluding hydrogens is 398 g/mol. The molecule has 2 aliphatic rings. The van der Waals surface area contributed by atoms with E-state index in [1.54, 1.807) is 0 Å². The van der Waals surface area contributed by atoms with Gasteiger partial charge in [-0.05, 0) is 50.0 Å². The number of nitrogens with two attached hydrogens (primary N) is 1.